The highest BCUT2D eigenvalue weighted by Crippen LogP contribution is 2.11. The minimum Gasteiger partial charge on any atom is -0.378 e. The molecule has 0 aromatic carbocycles. The van der Waals surface area contributed by atoms with Gasteiger partial charge in [-0.1, -0.05) is 0 Å². The molecule has 0 atom stereocenters. The Hall–Kier alpha value is -0.940. The normalized spacial score (nSPS) is 17.1. The minimum atomic E-state index is 0.0256. The molecule has 0 aliphatic carbocycles. The van der Waals surface area contributed by atoms with E-state index in [-0.39, 0.29) is 5.91 Å². The van der Waals surface area contributed by atoms with Crippen molar-refractivity contribution in [2.75, 3.05) is 26.3 Å². The Balaban J connectivity index is 2.07. The van der Waals surface area contributed by atoms with Crippen LogP contribution >= 0.6 is 11.3 Å². The number of ether oxygens (including phenoxy) is 1. The Morgan fingerprint density at radius 1 is 1.57 bits per heavy atom. The van der Waals surface area contributed by atoms with Gasteiger partial charge < -0.3 is 9.64 Å². The molecule has 5 heteroatoms. The van der Waals surface area contributed by atoms with E-state index in [0.717, 1.165) is 5.01 Å². The molecule has 0 N–H and O–H groups in total. The maximum absolute atomic E-state index is 11.8. The summed E-state index contributed by atoms with van der Waals surface area (Å²) in [5, 5.41) is 2.74. The van der Waals surface area contributed by atoms with Crippen molar-refractivity contribution in [3.63, 3.8) is 0 Å². The van der Waals surface area contributed by atoms with Crippen LogP contribution in [0.5, 0.6) is 0 Å². The largest absolute Gasteiger partial charge is 0.378 e. The average Bonchev–Trinajstić information content (AvgIpc) is 2.65. The highest BCUT2D eigenvalue weighted by Gasteiger charge is 2.20. The van der Waals surface area contributed by atoms with E-state index in [1.807, 2.05) is 12.3 Å². The Kier molecular flexibility index (Phi) is 2.79. The van der Waals surface area contributed by atoms with Crippen LogP contribution in [-0.4, -0.2) is 42.1 Å². The molecule has 0 unspecified atom stereocenters. The Labute approximate surface area is 86.5 Å². The maximum atomic E-state index is 11.8. The Morgan fingerprint density at radius 3 is 2.86 bits per heavy atom. The van der Waals surface area contributed by atoms with Gasteiger partial charge in [-0.2, -0.15) is 0 Å². The average molecular weight is 212 g/mol. The fraction of sp³-hybridized carbons (Fsp3) is 0.556. The topological polar surface area (TPSA) is 42.4 Å². The van der Waals surface area contributed by atoms with Crippen molar-refractivity contribution >= 4 is 17.2 Å². The summed E-state index contributed by atoms with van der Waals surface area (Å²) in [7, 11) is 0. The van der Waals surface area contributed by atoms with Gasteiger partial charge in [0.15, 0.2) is 0 Å². The van der Waals surface area contributed by atoms with Crippen LogP contribution in [0.15, 0.2) is 5.38 Å². The first kappa shape index (κ1) is 9.61. The summed E-state index contributed by atoms with van der Waals surface area (Å²) in [6.45, 7) is 4.52. The molecule has 76 valence electrons. The zero-order chi connectivity index (χ0) is 9.97. The number of hydrogen-bond acceptors (Lipinski definition) is 4. The number of aryl methyl sites for hydroxylation is 1. The van der Waals surface area contributed by atoms with Gasteiger partial charge in [0.2, 0.25) is 0 Å². The fourth-order valence-electron chi connectivity index (χ4n) is 1.39. The first-order valence-corrected chi connectivity index (χ1v) is 5.44. The minimum absolute atomic E-state index is 0.0256. The lowest BCUT2D eigenvalue weighted by Crippen LogP contribution is -2.40. The third-order valence-electron chi connectivity index (χ3n) is 2.14. The van der Waals surface area contributed by atoms with Crippen molar-refractivity contribution in [1.82, 2.24) is 9.88 Å². The molecule has 1 amide bonds. The number of carbonyl (C=O) groups excluding carboxylic acids is 1. The lowest BCUT2D eigenvalue weighted by atomic mass is 10.3. The number of carbonyl (C=O) groups is 1. The molecule has 1 fully saturated rings. The molecular weight excluding hydrogens is 200 g/mol. The van der Waals surface area contributed by atoms with Crippen LogP contribution < -0.4 is 0 Å². The predicted octanol–water partition coefficient (Wildman–Crippen LogP) is 0.924. The van der Waals surface area contributed by atoms with E-state index in [2.05, 4.69) is 4.98 Å². The van der Waals surface area contributed by atoms with Crippen molar-refractivity contribution in [3.05, 3.63) is 16.1 Å². The van der Waals surface area contributed by atoms with E-state index in [1.165, 1.54) is 11.3 Å². The van der Waals surface area contributed by atoms with E-state index in [4.69, 9.17) is 4.74 Å². The number of nitrogens with zero attached hydrogens (tertiary/aromatic N) is 2. The first-order valence-electron chi connectivity index (χ1n) is 4.56. The Bertz CT molecular complexity index is 331. The van der Waals surface area contributed by atoms with Crippen LogP contribution in [0.2, 0.25) is 0 Å². The molecule has 0 spiro atoms. The van der Waals surface area contributed by atoms with Gasteiger partial charge >= 0.3 is 0 Å². The van der Waals surface area contributed by atoms with Crippen molar-refractivity contribution in [2.24, 2.45) is 0 Å². The van der Waals surface area contributed by atoms with Crippen LogP contribution in [0.3, 0.4) is 0 Å². The number of thiazole rings is 1. The lowest BCUT2D eigenvalue weighted by Gasteiger charge is -2.25. The summed E-state index contributed by atoms with van der Waals surface area (Å²) in [4.78, 5) is 17.8. The van der Waals surface area contributed by atoms with Gasteiger partial charge in [0, 0.05) is 18.5 Å². The summed E-state index contributed by atoms with van der Waals surface area (Å²) in [6, 6.07) is 0. The zero-order valence-electron chi connectivity index (χ0n) is 8.02. The molecule has 0 radical (unpaired) electrons. The van der Waals surface area contributed by atoms with E-state index in [9.17, 15) is 4.79 Å². The van der Waals surface area contributed by atoms with Crippen LogP contribution in [-0.2, 0) is 4.74 Å². The summed E-state index contributed by atoms with van der Waals surface area (Å²) in [6.07, 6.45) is 0. The number of aromatic nitrogens is 1. The van der Waals surface area contributed by atoms with Crippen LogP contribution in [0.1, 0.15) is 15.5 Å². The molecule has 1 saturated heterocycles. The third kappa shape index (κ3) is 1.93. The highest BCUT2D eigenvalue weighted by atomic mass is 32.1. The SMILES string of the molecule is Cc1nc(C(=O)N2CCOCC2)cs1. The molecular formula is C9H12N2O2S. The second kappa shape index (κ2) is 4.06. The zero-order valence-corrected chi connectivity index (χ0v) is 8.84. The fourth-order valence-corrected chi connectivity index (χ4v) is 1.98. The molecule has 1 aliphatic heterocycles. The summed E-state index contributed by atoms with van der Waals surface area (Å²) in [5.74, 6) is 0.0256. The van der Waals surface area contributed by atoms with E-state index in [0.29, 0.717) is 32.0 Å². The molecule has 14 heavy (non-hydrogen) atoms. The van der Waals surface area contributed by atoms with Gasteiger partial charge in [0.25, 0.3) is 5.91 Å². The highest BCUT2D eigenvalue weighted by molar-refractivity contribution is 7.09. The van der Waals surface area contributed by atoms with Gasteiger partial charge in [-0.25, -0.2) is 4.98 Å². The smallest absolute Gasteiger partial charge is 0.273 e. The van der Waals surface area contributed by atoms with Crippen LogP contribution in [0.25, 0.3) is 0 Å². The molecule has 1 aromatic heterocycles. The molecule has 2 heterocycles. The van der Waals surface area contributed by atoms with Crippen molar-refractivity contribution < 1.29 is 9.53 Å². The van der Waals surface area contributed by atoms with E-state index in [1.54, 1.807) is 4.90 Å². The first-order chi connectivity index (χ1) is 6.77. The standard InChI is InChI=1S/C9H12N2O2S/c1-7-10-8(6-14-7)9(12)11-2-4-13-5-3-11/h6H,2-5H2,1H3. The number of morpholine rings is 1. The molecule has 0 bridgehead atoms. The quantitative estimate of drug-likeness (QED) is 0.695. The van der Waals surface area contributed by atoms with Crippen molar-refractivity contribution in [1.29, 1.82) is 0 Å². The molecule has 0 saturated carbocycles. The Morgan fingerprint density at radius 2 is 2.29 bits per heavy atom. The molecule has 1 aromatic rings. The molecule has 2 rings (SSSR count). The second-order valence-corrected chi connectivity index (χ2v) is 4.22. The second-order valence-electron chi connectivity index (χ2n) is 3.16. The molecule has 1 aliphatic rings. The van der Waals surface area contributed by atoms with Crippen molar-refractivity contribution in [3.8, 4) is 0 Å². The van der Waals surface area contributed by atoms with Gasteiger partial charge in [-0.15, -0.1) is 11.3 Å². The maximum Gasteiger partial charge on any atom is 0.273 e. The molecule has 4 nitrogen and oxygen atoms in total. The number of amides is 1. The van der Waals surface area contributed by atoms with Crippen LogP contribution in [0, 0.1) is 6.92 Å². The summed E-state index contributed by atoms with van der Waals surface area (Å²) in [5.41, 5.74) is 0.564. The third-order valence-corrected chi connectivity index (χ3v) is 2.91. The van der Waals surface area contributed by atoms with E-state index < -0.39 is 0 Å². The lowest BCUT2D eigenvalue weighted by molar-refractivity contribution is 0.0299. The van der Waals surface area contributed by atoms with Gasteiger partial charge in [0.05, 0.1) is 18.2 Å². The van der Waals surface area contributed by atoms with Crippen molar-refractivity contribution in [2.45, 2.75) is 6.92 Å². The van der Waals surface area contributed by atoms with Gasteiger partial charge in [-0.3, -0.25) is 4.79 Å². The van der Waals surface area contributed by atoms with Crippen LogP contribution in [0.4, 0.5) is 0 Å². The van der Waals surface area contributed by atoms with Gasteiger partial charge in [0.1, 0.15) is 5.69 Å². The van der Waals surface area contributed by atoms with Gasteiger partial charge in [-0.05, 0) is 6.92 Å². The van der Waals surface area contributed by atoms with E-state index >= 15 is 0 Å². The monoisotopic (exact) mass is 212 g/mol. The number of hydrogen-bond donors (Lipinski definition) is 0. The predicted molar refractivity (Wildman–Crippen MR) is 53.6 cm³/mol. The summed E-state index contributed by atoms with van der Waals surface area (Å²) < 4.78 is 5.18. The summed E-state index contributed by atoms with van der Waals surface area (Å²) >= 11 is 1.51. The number of rotatable bonds is 1.